The van der Waals surface area contributed by atoms with Gasteiger partial charge in [0.05, 0.1) is 0 Å². The molecular formula is C24H25Cl2NZr. The van der Waals surface area contributed by atoms with Gasteiger partial charge in [0.1, 0.15) is 0 Å². The molecule has 1 N–H and O–H groups in total. The van der Waals surface area contributed by atoms with Gasteiger partial charge in [0.2, 0.25) is 0 Å². The summed E-state index contributed by atoms with van der Waals surface area (Å²) in [7, 11) is 0. The van der Waals surface area contributed by atoms with Crippen molar-refractivity contribution in [1.82, 2.24) is 4.98 Å². The third kappa shape index (κ3) is 6.21. The van der Waals surface area contributed by atoms with Crippen molar-refractivity contribution in [2.45, 2.75) is 40.0 Å². The van der Waals surface area contributed by atoms with Crippen LogP contribution in [0.3, 0.4) is 0 Å². The van der Waals surface area contributed by atoms with Gasteiger partial charge in [0, 0.05) is 0 Å². The van der Waals surface area contributed by atoms with E-state index >= 15 is 0 Å². The summed E-state index contributed by atoms with van der Waals surface area (Å²) >= 11 is 0. The molecule has 2 aromatic carbocycles. The van der Waals surface area contributed by atoms with E-state index in [9.17, 15) is 0 Å². The van der Waals surface area contributed by atoms with Crippen LogP contribution in [0.2, 0.25) is 0 Å². The Labute approximate surface area is 200 Å². The fourth-order valence-electron chi connectivity index (χ4n) is 2.94. The second kappa shape index (κ2) is 11.2. The van der Waals surface area contributed by atoms with E-state index in [0.29, 0.717) is 0 Å². The molecule has 0 bridgehead atoms. The fraction of sp³-hybridized carbons (Fsp3) is 0.250. The van der Waals surface area contributed by atoms with Gasteiger partial charge in [0.15, 0.2) is 0 Å². The molecule has 1 nitrogen and oxygen atoms in total. The molecule has 0 fully saturated rings. The Kier molecular flexibility index (Phi) is 10.8. The molecule has 1 aliphatic rings. The number of hydrogen-bond acceptors (Lipinski definition) is 0. The average Bonchev–Trinajstić information content (AvgIpc) is 3.19. The number of H-pyrrole nitrogens is 1. The quantitative estimate of drug-likeness (QED) is 0.380. The first-order chi connectivity index (χ1) is 11.9. The second-order valence-corrected chi connectivity index (χ2v) is 7.69. The molecule has 0 saturated heterocycles. The van der Waals surface area contributed by atoms with Gasteiger partial charge in [-0.15, -0.1) is 69.2 Å². The van der Waals surface area contributed by atoms with Crippen LogP contribution in [0.1, 0.15) is 40.2 Å². The molecular weight excluding hydrogens is 464 g/mol. The second-order valence-electron chi connectivity index (χ2n) is 7.69. The van der Waals surface area contributed by atoms with Gasteiger partial charge in [-0.05, 0) is 5.41 Å². The largest absolute Gasteiger partial charge is 4.00 e. The third-order valence-corrected chi connectivity index (χ3v) is 4.34. The molecule has 4 rings (SSSR count). The predicted molar refractivity (Wildman–Crippen MR) is 108 cm³/mol. The van der Waals surface area contributed by atoms with Crippen LogP contribution in [0.25, 0.3) is 23.1 Å². The first kappa shape index (κ1) is 26.9. The van der Waals surface area contributed by atoms with Crippen LogP contribution in [-0.2, 0) is 31.6 Å². The van der Waals surface area contributed by atoms with Crippen LogP contribution in [0.5, 0.6) is 0 Å². The van der Waals surface area contributed by atoms with Crippen molar-refractivity contribution in [3.63, 3.8) is 0 Å². The van der Waals surface area contributed by atoms with Crippen molar-refractivity contribution in [3.8, 4) is 0 Å². The Bertz CT molecular complexity index is 1010. The Morgan fingerprint density at radius 2 is 1.50 bits per heavy atom. The van der Waals surface area contributed by atoms with E-state index in [-0.39, 0.29) is 56.4 Å². The van der Waals surface area contributed by atoms with Crippen LogP contribution in [0.4, 0.5) is 0 Å². The first-order valence-electron chi connectivity index (χ1n) is 8.73. The van der Waals surface area contributed by atoms with Gasteiger partial charge >= 0.3 is 26.2 Å². The summed E-state index contributed by atoms with van der Waals surface area (Å²) in [6, 6.07) is 16.7. The maximum Gasteiger partial charge on any atom is 4.00 e. The summed E-state index contributed by atoms with van der Waals surface area (Å²) in [6.45, 7) is 10.9. The maximum atomic E-state index is 3.36. The van der Waals surface area contributed by atoms with Crippen LogP contribution < -0.4 is 35.3 Å². The van der Waals surface area contributed by atoms with Crippen molar-refractivity contribution in [1.29, 1.82) is 0 Å². The van der Waals surface area contributed by atoms with E-state index < -0.39 is 0 Å². The Morgan fingerprint density at radius 3 is 2.11 bits per heavy atom. The van der Waals surface area contributed by atoms with Gasteiger partial charge in [-0.2, -0.15) is 5.39 Å². The molecule has 0 radical (unpaired) electrons. The first-order valence-corrected chi connectivity index (χ1v) is 8.73. The van der Waals surface area contributed by atoms with Crippen molar-refractivity contribution < 1.29 is 51.0 Å². The summed E-state index contributed by atoms with van der Waals surface area (Å²) in [5, 5.41) is 3.79. The van der Waals surface area contributed by atoms with E-state index in [0.717, 1.165) is 0 Å². The summed E-state index contributed by atoms with van der Waals surface area (Å²) in [5.41, 5.74) is 5.16. The van der Waals surface area contributed by atoms with Crippen molar-refractivity contribution in [3.05, 3.63) is 81.9 Å². The van der Waals surface area contributed by atoms with E-state index in [1.807, 2.05) is 12.1 Å². The summed E-state index contributed by atoms with van der Waals surface area (Å²) in [5.74, 6) is 0. The number of allylic oxidation sites excluding steroid dienone is 2. The molecule has 1 aromatic heterocycles. The monoisotopic (exact) mass is 487 g/mol. The maximum absolute atomic E-state index is 3.36. The summed E-state index contributed by atoms with van der Waals surface area (Å²) in [6.07, 6.45) is 8.77. The zero-order valence-electron chi connectivity index (χ0n) is 17.0. The Balaban J connectivity index is 0.000000471. The van der Waals surface area contributed by atoms with Gasteiger partial charge in [-0.3, -0.25) is 0 Å². The van der Waals surface area contributed by atoms with Crippen molar-refractivity contribution in [2.75, 3.05) is 0 Å². The molecule has 0 spiro atoms. The summed E-state index contributed by atoms with van der Waals surface area (Å²) in [4.78, 5) is 3.17. The fourth-order valence-corrected chi connectivity index (χ4v) is 2.94. The molecule has 144 valence electrons. The average molecular weight is 490 g/mol. The zero-order valence-corrected chi connectivity index (χ0v) is 20.9. The number of para-hydroxylation sites is 1. The minimum absolute atomic E-state index is 0. The number of hydrogen-bond donors (Lipinski definition) is 1. The van der Waals surface area contributed by atoms with E-state index in [2.05, 4.69) is 94.3 Å². The number of benzene rings is 2. The number of nitrogens with one attached hydrogen (secondary N) is 1. The molecule has 1 aliphatic carbocycles. The van der Waals surface area contributed by atoms with Gasteiger partial charge < -0.3 is 29.8 Å². The van der Waals surface area contributed by atoms with Gasteiger partial charge in [-0.1, -0.05) is 65.0 Å². The normalized spacial score (nSPS) is 11.4. The SMILES string of the molecule is CC(C)(C)c1[c-][nH]c2ccccc12.CC(C)=C1[C-]=c2ccccc2=C1.[Cl-].[Cl-].[Zr+4]. The zero-order chi connectivity index (χ0) is 18.0. The predicted octanol–water partition coefficient (Wildman–Crippen LogP) is -1.25. The molecule has 0 saturated carbocycles. The molecule has 0 aliphatic heterocycles. The van der Waals surface area contributed by atoms with E-state index in [4.69, 9.17) is 0 Å². The Hall–Kier alpha value is -1.08. The number of halogens is 2. The summed E-state index contributed by atoms with van der Waals surface area (Å²) < 4.78 is 0. The molecule has 28 heavy (non-hydrogen) atoms. The van der Waals surface area contributed by atoms with Crippen LogP contribution in [0.15, 0.2) is 59.7 Å². The third-order valence-electron chi connectivity index (χ3n) is 4.34. The van der Waals surface area contributed by atoms with Gasteiger partial charge in [-0.25, -0.2) is 0 Å². The smallest absolute Gasteiger partial charge is 1.00 e. The molecule has 3 aromatic rings. The van der Waals surface area contributed by atoms with Crippen molar-refractivity contribution in [2.24, 2.45) is 0 Å². The topological polar surface area (TPSA) is 15.8 Å². The standard InChI is InChI=1S/C12H14N.C12H11.2ClH.Zr/c1-12(2,3)10-8-13-11-7-5-4-6-9(10)11;1-9(2)12-7-10-5-3-4-6-11(10)8-12;;;/h4-7,13H,1-3H3;3-7H,1-2H3;2*1H;/q2*-1;;;+4/p-2. The van der Waals surface area contributed by atoms with Crippen LogP contribution in [-0.4, -0.2) is 4.98 Å². The molecule has 0 unspecified atom stereocenters. The minimum atomic E-state index is 0. The molecule has 0 amide bonds. The van der Waals surface area contributed by atoms with Crippen molar-refractivity contribution >= 4 is 23.1 Å². The number of aromatic amines is 1. The number of fused-ring (bicyclic) bond motifs is 2. The number of rotatable bonds is 0. The van der Waals surface area contributed by atoms with Gasteiger partial charge in [0.25, 0.3) is 0 Å². The minimum Gasteiger partial charge on any atom is -1.00 e. The van der Waals surface area contributed by atoms with Crippen LogP contribution in [0, 0.1) is 6.20 Å². The Morgan fingerprint density at radius 1 is 0.893 bits per heavy atom. The van der Waals surface area contributed by atoms with E-state index in [1.54, 1.807) is 0 Å². The van der Waals surface area contributed by atoms with E-state index in [1.165, 1.54) is 38.0 Å². The molecule has 1 heterocycles. The van der Waals surface area contributed by atoms with Crippen LogP contribution >= 0.6 is 0 Å². The molecule has 4 heteroatoms. The number of aromatic nitrogens is 1. The molecule has 0 atom stereocenters.